The zero-order chi connectivity index (χ0) is 12.5. The van der Waals surface area contributed by atoms with Crippen molar-refractivity contribution in [1.29, 1.82) is 0 Å². The second-order valence-corrected chi connectivity index (χ2v) is 5.33. The summed E-state index contributed by atoms with van der Waals surface area (Å²) in [4.78, 5) is 2.14. The lowest BCUT2D eigenvalue weighted by atomic mass is 9.88. The Hall–Kier alpha value is -0.860. The second-order valence-electron chi connectivity index (χ2n) is 5.33. The van der Waals surface area contributed by atoms with Crippen LogP contribution in [0.2, 0.25) is 0 Å². The predicted octanol–water partition coefficient (Wildman–Crippen LogP) is 2.59. The summed E-state index contributed by atoms with van der Waals surface area (Å²) in [6, 6.07) is 4.13. The molecule has 0 radical (unpaired) electrons. The highest BCUT2D eigenvalue weighted by Gasteiger charge is 2.21. The van der Waals surface area contributed by atoms with E-state index >= 15 is 0 Å². The first-order chi connectivity index (χ1) is 7.23. The number of rotatable bonds is 3. The van der Waals surface area contributed by atoms with E-state index in [9.17, 15) is 5.11 Å². The van der Waals surface area contributed by atoms with Gasteiger partial charge in [-0.2, -0.15) is 0 Å². The van der Waals surface area contributed by atoms with E-state index in [1.165, 1.54) is 16.7 Å². The molecular weight excluding hydrogens is 198 g/mol. The Morgan fingerprint density at radius 2 is 1.75 bits per heavy atom. The fraction of sp³-hybridized carbons (Fsp3) is 0.571. The number of aryl methyl sites for hydroxylation is 1. The van der Waals surface area contributed by atoms with Crippen LogP contribution in [0.4, 0.5) is 0 Å². The van der Waals surface area contributed by atoms with Crippen LogP contribution < -0.4 is 0 Å². The van der Waals surface area contributed by atoms with E-state index in [0.29, 0.717) is 0 Å². The van der Waals surface area contributed by atoms with Crippen LogP contribution in [0.5, 0.6) is 0 Å². The van der Waals surface area contributed by atoms with Gasteiger partial charge in [0.25, 0.3) is 0 Å². The van der Waals surface area contributed by atoms with E-state index in [2.05, 4.69) is 38.9 Å². The van der Waals surface area contributed by atoms with Crippen LogP contribution in [-0.2, 0) is 12.1 Å². The van der Waals surface area contributed by atoms with Crippen molar-refractivity contribution in [2.24, 2.45) is 0 Å². The maximum Gasteiger partial charge on any atom is 0.0843 e. The average molecular weight is 221 g/mol. The second kappa shape index (κ2) is 4.56. The van der Waals surface area contributed by atoms with E-state index in [1.54, 1.807) is 0 Å². The molecule has 0 atom stereocenters. The van der Waals surface area contributed by atoms with Crippen LogP contribution in [0, 0.1) is 13.8 Å². The van der Waals surface area contributed by atoms with Crippen molar-refractivity contribution >= 4 is 0 Å². The van der Waals surface area contributed by atoms with Crippen molar-refractivity contribution in [3.63, 3.8) is 0 Å². The summed E-state index contributed by atoms with van der Waals surface area (Å²) in [5, 5.41) is 10.2. The average Bonchev–Trinajstić information content (AvgIpc) is 2.10. The minimum atomic E-state index is -0.774. The van der Waals surface area contributed by atoms with E-state index in [1.807, 2.05) is 19.9 Å². The molecule has 0 heterocycles. The first-order valence-corrected chi connectivity index (χ1v) is 5.70. The Balaban J connectivity index is 3.33. The molecule has 1 aromatic rings. The molecule has 0 bridgehead atoms. The Morgan fingerprint density at radius 3 is 2.19 bits per heavy atom. The lowest BCUT2D eigenvalue weighted by Crippen LogP contribution is -2.22. The SMILES string of the molecule is Cc1ccc(C(C)(C)O)c(CN(C)C)c1C. The van der Waals surface area contributed by atoms with E-state index in [4.69, 9.17) is 0 Å². The van der Waals surface area contributed by atoms with Gasteiger partial charge in [0.2, 0.25) is 0 Å². The van der Waals surface area contributed by atoms with Crippen LogP contribution in [-0.4, -0.2) is 24.1 Å². The number of benzene rings is 1. The van der Waals surface area contributed by atoms with Crippen LogP contribution in [0.25, 0.3) is 0 Å². The molecule has 0 aromatic heterocycles. The van der Waals surface area contributed by atoms with Gasteiger partial charge in [0.15, 0.2) is 0 Å². The van der Waals surface area contributed by atoms with Gasteiger partial charge in [0.05, 0.1) is 5.60 Å². The Labute approximate surface area is 98.9 Å². The van der Waals surface area contributed by atoms with Gasteiger partial charge in [0, 0.05) is 6.54 Å². The van der Waals surface area contributed by atoms with Crippen molar-refractivity contribution in [2.75, 3.05) is 14.1 Å². The first kappa shape index (κ1) is 13.2. The zero-order valence-corrected chi connectivity index (χ0v) is 11.3. The molecule has 0 saturated carbocycles. The fourth-order valence-electron chi connectivity index (χ4n) is 1.97. The maximum absolute atomic E-state index is 10.2. The topological polar surface area (TPSA) is 23.5 Å². The van der Waals surface area contributed by atoms with Crippen molar-refractivity contribution in [3.05, 3.63) is 34.4 Å². The summed E-state index contributed by atoms with van der Waals surface area (Å²) in [6.07, 6.45) is 0. The molecule has 1 aromatic carbocycles. The molecule has 1 N–H and O–H groups in total. The summed E-state index contributed by atoms with van der Waals surface area (Å²) in [7, 11) is 4.10. The maximum atomic E-state index is 10.2. The molecule has 2 nitrogen and oxygen atoms in total. The largest absolute Gasteiger partial charge is 0.386 e. The smallest absolute Gasteiger partial charge is 0.0843 e. The third kappa shape index (κ3) is 2.83. The third-order valence-corrected chi connectivity index (χ3v) is 3.00. The zero-order valence-electron chi connectivity index (χ0n) is 11.3. The first-order valence-electron chi connectivity index (χ1n) is 5.70. The van der Waals surface area contributed by atoms with E-state index < -0.39 is 5.60 Å². The molecule has 2 heteroatoms. The molecule has 16 heavy (non-hydrogen) atoms. The minimum Gasteiger partial charge on any atom is -0.386 e. The van der Waals surface area contributed by atoms with Crippen molar-refractivity contribution in [3.8, 4) is 0 Å². The van der Waals surface area contributed by atoms with Crippen molar-refractivity contribution in [2.45, 2.75) is 39.8 Å². The van der Waals surface area contributed by atoms with Crippen LogP contribution in [0.3, 0.4) is 0 Å². The monoisotopic (exact) mass is 221 g/mol. The standard InChI is InChI=1S/C14H23NO/c1-10-7-8-13(14(3,4)16)12(11(10)2)9-15(5)6/h7-8,16H,9H2,1-6H3. The van der Waals surface area contributed by atoms with Gasteiger partial charge in [-0.3, -0.25) is 0 Å². The molecule has 0 fully saturated rings. The van der Waals surface area contributed by atoms with Gasteiger partial charge in [-0.1, -0.05) is 12.1 Å². The van der Waals surface area contributed by atoms with Crippen LogP contribution in [0.1, 0.15) is 36.1 Å². The summed E-state index contributed by atoms with van der Waals surface area (Å²) in [5.74, 6) is 0. The molecule has 0 saturated heterocycles. The molecule has 90 valence electrons. The predicted molar refractivity (Wildman–Crippen MR) is 68.6 cm³/mol. The Morgan fingerprint density at radius 1 is 1.19 bits per heavy atom. The summed E-state index contributed by atoms with van der Waals surface area (Å²) >= 11 is 0. The molecule has 0 amide bonds. The number of hydrogen-bond acceptors (Lipinski definition) is 2. The molecule has 0 spiro atoms. The summed E-state index contributed by atoms with van der Waals surface area (Å²) in [6.45, 7) is 8.80. The van der Waals surface area contributed by atoms with Gasteiger partial charge in [-0.05, 0) is 64.0 Å². The number of hydrogen-bond donors (Lipinski definition) is 1. The quantitative estimate of drug-likeness (QED) is 0.848. The van der Waals surface area contributed by atoms with Crippen molar-refractivity contribution < 1.29 is 5.11 Å². The third-order valence-electron chi connectivity index (χ3n) is 3.00. The molecule has 1 rings (SSSR count). The minimum absolute atomic E-state index is 0.774. The van der Waals surface area contributed by atoms with Gasteiger partial charge >= 0.3 is 0 Å². The highest BCUT2D eigenvalue weighted by atomic mass is 16.3. The molecule has 0 aliphatic rings. The summed E-state index contributed by atoms with van der Waals surface area (Å²) in [5.41, 5.74) is 4.07. The molecular formula is C14H23NO. The Bertz CT molecular complexity index is 375. The van der Waals surface area contributed by atoms with E-state index in [0.717, 1.165) is 12.1 Å². The number of nitrogens with zero attached hydrogens (tertiary/aromatic N) is 1. The molecule has 0 aliphatic carbocycles. The van der Waals surface area contributed by atoms with Gasteiger partial charge < -0.3 is 10.0 Å². The number of aliphatic hydroxyl groups is 1. The lowest BCUT2D eigenvalue weighted by Gasteiger charge is -2.25. The van der Waals surface area contributed by atoms with Crippen molar-refractivity contribution in [1.82, 2.24) is 4.90 Å². The van der Waals surface area contributed by atoms with Gasteiger partial charge in [0.1, 0.15) is 0 Å². The Kier molecular flexibility index (Phi) is 3.76. The van der Waals surface area contributed by atoms with E-state index in [-0.39, 0.29) is 0 Å². The van der Waals surface area contributed by atoms with Crippen LogP contribution >= 0.6 is 0 Å². The van der Waals surface area contributed by atoms with Gasteiger partial charge in [-0.15, -0.1) is 0 Å². The van der Waals surface area contributed by atoms with Crippen LogP contribution in [0.15, 0.2) is 12.1 Å². The van der Waals surface area contributed by atoms with Gasteiger partial charge in [-0.25, -0.2) is 0 Å². The molecule has 0 aliphatic heterocycles. The summed E-state index contributed by atoms with van der Waals surface area (Å²) < 4.78 is 0. The highest BCUT2D eigenvalue weighted by Crippen LogP contribution is 2.28. The molecule has 0 unspecified atom stereocenters. The fourth-order valence-corrected chi connectivity index (χ4v) is 1.97. The normalized spacial score (nSPS) is 12.2. The lowest BCUT2D eigenvalue weighted by molar-refractivity contribution is 0.0769. The highest BCUT2D eigenvalue weighted by molar-refractivity contribution is 5.42.